The van der Waals surface area contributed by atoms with E-state index < -0.39 is 0 Å². The molecule has 0 radical (unpaired) electrons. The molecular formula is C26H30BrN3O2. The molecule has 4 rings (SSSR count). The summed E-state index contributed by atoms with van der Waals surface area (Å²) < 4.78 is 6.63. The van der Waals surface area contributed by atoms with E-state index in [1.807, 2.05) is 30.3 Å². The molecule has 1 N–H and O–H groups in total. The van der Waals surface area contributed by atoms with Crippen molar-refractivity contribution in [1.82, 2.24) is 10.2 Å². The molecule has 1 aliphatic rings. The Kier molecular flexibility index (Phi) is 7.33. The number of halogens is 1. The first-order valence-electron chi connectivity index (χ1n) is 11.1. The van der Waals surface area contributed by atoms with Gasteiger partial charge in [0, 0.05) is 60.4 Å². The van der Waals surface area contributed by atoms with Crippen molar-refractivity contribution in [2.24, 2.45) is 0 Å². The van der Waals surface area contributed by atoms with E-state index in [4.69, 9.17) is 4.74 Å². The monoisotopic (exact) mass is 495 g/mol. The van der Waals surface area contributed by atoms with Crippen molar-refractivity contribution in [3.8, 4) is 5.75 Å². The van der Waals surface area contributed by atoms with Gasteiger partial charge in [0.2, 0.25) is 5.91 Å². The lowest BCUT2D eigenvalue weighted by molar-refractivity contribution is -0.120. The Bertz CT molecular complexity index is 1090. The summed E-state index contributed by atoms with van der Waals surface area (Å²) >= 11 is 3.63. The average molecular weight is 496 g/mol. The molecule has 0 aromatic heterocycles. The summed E-state index contributed by atoms with van der Waals surface area (Å²) in [4.78, 5) is 17.5. The first-order chi connectivity index (χ1) is 15.6. The zero-order valence-electron chi connectivity index (χ0n) is 18.7. The predicted molar refractivity (Wildman–Crippen MR) is 135 cm³/mol. The molecule has 1 aliphatic heterocycles. The molecule has 0 aliphatic carbocycles. The third kappa shape index (κ3) is 5.08. The van der Waals surface area contributed by atoms with Crippen LogP contribution in [-0.4, -0.2) is 57.2 Å². The van der Waals surface area contributed by atoms with Gasteiger partial charge in [-0.3, -0.25) is 9.69 Å². The molecule has 0 unspecified atom stereocenters. The van der Waals surface area contributed by atoms with Crippen LogP contribution in [0.5, 0.6) is 5.75 Å². The lowest BCUT2D eigenvalue weighted by Crippen LogP contribution is -2.48. The number of carbonyl (C=O) groups excluding carboxylic acids is 1. The van der Waals surface area contributed by atoms with E-state index in [0.29, 0.717) is 13.0 Å². The van der Waals surface area contributed by atoms with Crippen LogP contribution in [0.1, 0.15) is 11.1 Å². The van der Waals surface area contributed by atoms with Gasteiger partial charge in [0.05, 0.1) is 13.5 Å². The molecule has 1 heterocycles. The highest BCUT2D eigenvalue weighted by Crippen LogP contribution is 2.35. The summed E-state index contributed by atoms with van der Waals surface area (Å²) in [5, 5.41) is 5.18. The molecule has 1 saturated heterocycles. The van der Waals surface area contributed by atoms with Crippen LogP contribution in [0, 0.1) is 6.92 Å². The molecule has 6 heteroatoms. The number of nitrogens with zero attached hydrogens (tertiary/aromatic N) is 2. The number of rotatable bonds is 7. The van der Waals surface area contributed by atoms with Crippen LogP contribution in [0.4, 0.5) is 5.69 Å². The SMILES string of the molecule is COc1c(CC(=O)NCCN2CCN(c3ccccc3C)CC2)cc(Br)c2ccccc12. The number of fused-ring (bicyclic) bond motifs is 1. The molecule has 168 valence electrons. The van der Waals surface area contributed by atoms with Gasteiger partial charge in [0.25, 0.3) is 0 Å². The number of carbonyl (C=O) groups is 1. The maximum absolute atomic E-state index is 12.6. The Morgan fingerprint density at radius 1 is 1.03 bits per heavy atom. The fourth-order valence-electron chi connectivity index (χ4n) is 4.45. The Morgan fingerprint density at radius 3 is 2.44 bits per heavy atom. The van der Waals surface area contributed by atoms with Crippen LogP contribution in [0.2, 0.25) is 0 Å². The number of methoxy groups -OCH3 is 1. The number of aryl methyl sites for hydroxylation is 1. The third-order valence-electron chi connectivity index (χ3n) is 6.16. The number of hydrogen-bond donors (Lipinski definition) is 1. The molecule has 1 amide bonds. The van der Waals surface area contributed by atoms with Crippen LogP contribution >= 0.6 is 15.9 Å². The first-order valence-corrected chi connectivity index (χ1v) is 11.9. The van der Waals surface area contributed by atoms with E-state index in [0.717, 1.165) is 59.3 Å². The second-order valence-corrected chi connectivity index (χ2v) is 9.09. The summed E-state index contributed by atoms with van der Waals surface area (Å²) in [5.74, 6) is 0.787. The van der Waals surface area contributed by atoms with Crippen LogP contribution in [0.25, 0.3) is 10.8 Å². The molecule has 3 aromatic carbocycles. The minimum absolute atomic E-state index is 0.0176. The first kappa shape index (κ1) is 22.6. The lowest BCUT2D eigenvalue weighted by Gasteiger charge is -2.36. The Labute approximate surface area is 198 Å². The second kappa shape index (κ2) is 10.4. The van der Waals surface area contributed by atoms with E-state index in [1.54, 1.807) is 7.11 Å². The maximum atomic E-state index is 12.6. The molecule has 0 spiro atoms. The van der Waals surface area contributed by atoms with Crippen molar-refractivity contribution in [1.29, 1.82) is 0 Å². The average Bonchev–Trinajstić information content (AvgIpc) is 2.80. The molecule has 0 saturated carbocycles. The minimum Gasteiger partial charge on any atom is -0.496 e. The predicted octanol–water partition coefficient (Wildman–Crippen LogP) is 4.40. The van der Waals surface area contributed by atoms with E-state index in [-0.39, 0.29) is 5.91 Å². The highest BCUT2D eigenvalue weighted by atomic mass is 79.9. The van der Waals surface area contributed by atoms with Crippen LogP contribution in [0.15, 0.2) is 59.1 Å². The van der Waals surface area contributed by atoms with Crippen LogP contribution < -0.4 is 15.0 Å². The van der Waals surface area contributed by atoms with Gasteiger partial charge in [-0.1, -0.05) is 58.4 Å². The number of amides is 1. The summed E-state index contributed by atoms with van der Waals surface area (Å²) in [5.41, 5.74) is 3.54. The molecule has 0 bridgehead atoms. The van der Waals surface area contributed by atoms with Gasteiger partial charge in [0.15, 0.2) is 0 Å². The Balaban J connectivity index is 1.28. The highest BCUT2D eigenvalue weighted by Gasteiger charge is 2.19. The van der Waals surface area contributed by atoms with E-state index in [9.17, 15) is 4.79 Å². The normalized spacial score (nSPS) is 14.5. The van der Waals surface area contributed by atoms with Crippen molar-refractivity contribution in [3.63, 3.8) is 0 Å². The summed E-state index contributed by atoms with van der Waals surface area (Å²) in [7, 11) is 1.66. The smallest absolute Gasteiger partial charge is 0.224 e. The molecule has 3 aromatic rings. The summed E-state index contributed by atoms with van der Waals surface area (Å²) in [6.07, 6.45) is 0.299. The van der Waals surface area contributed by atoms with Gasteiger partial charge < -0.3 is 15.0 Å². The van der Waals surface area contributed by atoms with E-state index in [2.05, 4.69) is 62.2 Å². The lowest BCUT2D eigenvalue weighted by atomic mass is 10.0. The van der Waals surface area contributed by atoms with E-state index >= 15 is 0 Å². The quantitative estimate of drug-likeness (QED) is 0.527. The van der Waals surface area contributed by atoms with Gasteiger partial charge >= 0.3 is 0 Å². The standard InChI is InChI=1S/C26H30BrN3O2/c1-19-7-3-6-10-24(19)30-15-13-29(14-16-30)12-11-28-25(31)18-20-17-23(27)21-8-4-5-9-22(21)26(20)32-2/h3-10,17H,11-16,18H2,1-2H3,(H,28,31). The van der Waals surface area contributed by atoms with Crippen LogP contribution in [-0.2, 0) is 11.2 Å². The van der Waals surface area contributed by atoms with Crippen molar-refractivity contribution in [3.05, 3.63) is 70.2 Å². The number of piperazine rings is 1. The van der Waals surface area contributed by atoms with Gasteiger partial charge in [0.1, 0.15) is 5.75 Å². The van der Waals surface area contributed by atoms with E-state index in [1.165, 1.54) is 11.3 Å². The second-order valence-electron chi connectivity index (χ2n) is 8.24. The number of nitrogens with one attached hydrogen (secondary N) is 1. The number of para-hydroxylation sites is 1. The molecular weight excluding hydrogens is 466 g/mol. The van der Waals surface area contributed by atoms with Crippen LogP contribution in [0.3, 0.4) is 0 Å². The van der Waals surface area contributed by atoms with Crippen molar-refractivity contribution in [2.75, 3.05) is 51.3 Å². The molecule has 32 heavy (non-hydrogen) atoms. The number of ether oxygens (including phenoxy) is 1. The van der Waals surface area contributed by atoms with Gasteiger partial charge in [-0.2, -0.15) is 0 Å². The summed E-state index contributed by atoms with van der Waals surface area (Å²) in [6, 6.07) is 18.6. The molecule has 1 fully saturated rings. The van der Waals surface area contributed by atoms with Gasteiger partial charge in [-0.05, 0) is 30.0 Å². The molecule has 5 nitrogen and oxygen atoms in total. The zero-order chi connectivity index (χ0) is 22.5. The van der Waals surface area contributed by atoms with Crippen molar-refractivity contribution < 1.29 is 9.53 Å². The van der Waals surface area contributed by atoms with Gasteiger partial charge in [-0.15, -0.1) is 0 Å². The Morgan fingerprint density at radius 2 is 1.72 bits per heavy atom. The van der Waals surface area contributed by atoms with Crippen molar-refractivity contribution in [2.45, 2.75) is 13.3 Å². The number of hydrogen-bond acceptors (Lipinski definition) is 4. The van der Waals surface area contributed by atoms with Gasteiger partial charge in [-0.25, -0.2) is 0 Å². The highest BCUT2D eigenvalue weighted by molar-refractivity contribution is 9.10. The largest absolute Gasteiger partial charge is 0.496 e. The molecule has 0 atom stereocenters. The third-order valence-corrected chi connectivity index (χ3v) is 6.81. The Hall–Kier alpha value is -2.57. The number of benzene rings is 3. The minimum atomic E-state index is 0.0176. The topological polar surface area (TPSA) is 44.8 Å². The summed E-state index contributed by atoms with van der Waals surface area (Å²) in [6.45, 7) is 7.74. The fourth-order valence-corrected chi connectivity index (χ4v) is 5.07. The number of anilines is 1. The fraction of sp³-hybridized carbons (Fsp3) is 0.346. The maximum Gasteiger partial charge on any atom is 0.224 e. The van der Waals surface area contributed by atoms with Crippen molar-refractivity contribution >= 4 is 38.3 Å². The zero-order valence-corrected chi connectivity index (χ0v) is 20.3.